The van der Waals surface area contributed by atoms with Gasteiger partial charge in [0.2, 0.25) is 0 Å². The van der Waals surface area contributed by atoms with Crippen molar-refractivity contribution in [3.05, 3.63) is 17.6 Å². The zero-order valence-corrected chi connectivity index (χ0v) is 11.1. The highest BCUT2D eigenvalue weighted by molar-refractivity contribution is 5.70. The first-order valence-electron chi connectivity index (χ1n) is 6.28. The Labute approximate surface area is 107 Å². The van der Waals surface area contributed by atoms with Gasteiger partial charge in [-0.25, -0.2) is 4.98 Å². The highest BCUT2D eigenvalue weighted by atomic mass is 16.4. The van der Waals surface area contributed by atoms with Crippen molar-refractivity contribution in [2.75, 3.05) is 11.4 Å². The average molecular weight is 249 g/mol. The number of hydrogen-bond donors (Lipinski definition) is 1. The van der Waals surface area contributed by atoms with Gasteiger partial charge in [0.15, 0.2) is 5.82 Å². The van der Waals surface area contributed by atoms with Gasteiger partial charge in [-0.2, -0.15) is 0 Å². The van der Waals surface area contributed by atoms with Crippen molar-refractivity contribution in [1.29, 1.82) is 0 Å². The molecule has 1 aromatic rings. The van der Waals surface area contributed by atoms with Crippen LogP contribution in [0, 0.1) is 19.8 Å². The fourth-order valence-electron chi connectivity index (χ4n) is 2.51. The Morgan fingerprint density at radius 2 is 2.22 bits per heavy atom. The Kier molecular flexibility index (Phi) is 3.50. The zero-order valence-electron chi connectivity index (χ0n) is 11.1. The van der Waals surface area contributed by atoms with E-state index in [1.165, 1.54) is 0 Å². The molecule has 1 saturated heterocycles. The van der Waals surface area contributed by atoms with Gasteiger partial charge >= 0.3 is 5.97 Å². The van der Waals surface area contributed by atoms with E-state index < -0.39 is 5.97 Å². The van der Waals surface area contributed by atoms with E-state index in [2.05, 4.69) is 21.8 Å². The van der Waals surface area contributed by atoms with Crippen LogP contribution in [0.2, 0.25) is 0 Å². The molecule has 0 radical (unpaired) electrons. The second-order valence-electron chi connectivity index (χ2n) is 5.02. The number of aryl methyl sites for hydroxylation is 2. The highest BCUT2D eigenvalue weighted by Crippen LogP contribution is 2.28. The van der Waals surface area contributed by atoms with Gasteiger partial charge in [0.1, 0.15) is 0 Å². The smallest absolute Gasteiger partial charge is 0.306 e. The molecule has 1 aliphatic heterocycles. The normalized spacial score (nSPS) is 24.1. The lowest BCUT2D eigenvalue weighted by Gasteiger charge is -2.37. The van der Waals surface area contributed by atoms with Crippen LogP contribution >= 0.6 is 0 Å². The number of aliphatic carboxylic acids is 1. The van der Waals surface area contributed by atoms with E-state index in [9.17, 15) is 4.79 Å². The summed E-state index contributed by atoms with van der Waals surface area (Å²) in [6.45, 7) is 6.65. The van der Waals surface area contributed by atoms with Gasteiger partial charge in [0.05, 0.1) is 17.3 Å². The van der Waals surface area contributed by atoms with Gasteiger partial charge in [-0.3, -0.25) is 9.78 Å². The van der Waals surface area contributed by atoms with Gasteiger partial charge < -0.3 is 10.0 Å². The maximum atomic E-state index is 11.0. The molecule has 5 nitrogen and oxygen atoms in total. The molecule has 1 aliphatic rings. The first kappa shape index (κ1) is 12.8. The first-order chi connectivity index (χ1) is 8.49. The largest absolute Gasteiger partial charge is 0.481 e. The second-order valence-corrected chi connectivity index (χ2v) is 5.02. The zero-order chi connectivity index (χ0) is 13.3. The first-order valence-corrected chi connectivity index (χ1v) is 6.28. The Bertz CT molecular complexity index is 462. The Hall–Kier alpha value is -1.65. The van der Waals surface area contributed by atoms with E-state index in [0.29, 0.717) is 12.8 Å². The molecule has 0 spiro atoms. The third-order valence-electron chi connectivity index (χ3n) is 3.55. The maximum absolute atomic E-state index is 11.0. The predicted octanol–water partition coefficient (Wildman–Crippen LogP) is 1.78. The van der Waals surface area contributed by atoms with Gasteiger partial charge in [0.25, 0.3) is 0 Å². The van der Waals surface area contributed by atoms with E-state index in [4.69, 9.17) is 5.11 Å². The Morgan fingerprint density at radius 3 is 2.83 bits per heavy atom. The van der Waals surface area contributed by atoms with Crippen molar-refractivity contribution in [2.24, 2.45) is 5.92 Å². The standard InChI is InChI=1S/C13H19N3O2/c1-8-7-14-10(3)12(15-8)16-5-4-11(13(17)18)6-9(16)2/h7,9,11H,4-6H2,1-3H3,(H,17,18). The quantitative estimate of drug-likeness (QED) is 0.865. The number of aromatic nitrogens is 2. The molecule has 2 unspecified atom stereocenters. The van der Waals surface area contributed by atoms with Crippen LogP contribution in [-0.2, 0) is 4.79 Å². The van der Waals surface area contributed by atoms with Gasteiger partial charge in [-0.05, 0) is 33.6 Å². The lowest BCUT2D eigenvalue weighted by Crippen LogP contribution is -2.43. The van der Waals surface area contributed by atoms with E-state index in [1.54, 1.807) is 6.20 Å². The second kappa shape index (κ2) is 4.92. The lowest BCUT2D eigenvalue weighted by molar-refractivity contribution is -0.142. The average Bonchev–Trinajstić information content (AvgIpc) is 2.32. The van der Waals surface area contributed by atoms with Crippen molar-refractivity contribution in [3.8, 4) is 0 Å². The Morgan fingerprint density at radius 1 is 1.50 bits per heavy atom. The Balaban J connectivity index is 2.20. The number of anilines is 1. The minimum absolute atomic E-state index is 0.189. The van der Waals surface area contributed by atoms with Crippen LogP contribution in [0.1, 0.15) is 31.2 Å². The highest BCUT2D eigenvalue weighted by Gasteiger charge is 2.31. The molecule has 5 heteroatoms. The van der Waals surface area contributed by atoms with Crippen LogP contribution in [0.5, 0.6) is 0 Å². The molecule has 2 heterocycles. The van der Waals surface area contributed by atoms with Crippen molar-refractivity contribution >= 4 is 11.8 Å². The number of carboxylic acid groups (broad SMARTS) is 1. The predicted molar refractivity (Wildman–Crippen MR) is 68.7 cm³/mol. The molecule has 1 N–H and O–H groups in total. The van der Waals surface area contributed by atoms with Crippen LogP contribution in [0.4, 0.5) is 5.82 Å². The minimum atomic E-state index is -0.687. The molecule has 0 aromatic carbocycles. The number of carboxylic acids is 1. The molecule has 0 saturated carbocycles. The minimum Gasteiger partial charge on any atom is -0.481 e. The van der Waals surface area contributed by atoms with Crippen molar-refractivity contribution in [3.63, 3.8) is 0 Å². The summed E-state index contributed by atoms with van der Waals surface area (Å²) >= 11 is 0. The van der Waals surface area contributed by atoms with Gasteiger partial charge in [-0.15, -0.1) is 0 Å². The molecule has 0 amide bonds. The topological polar surface area (TPSA) is 66.3 Å². The van der Waals surface area contributed by atoms with Crippen molar-refractivity contribution in [2.45, 2.75) is 39.7 Å². The van der Waals surface area contributed by atoms with E-state index >= 15 is 0 Å². The molecule has 1 fully saturated rings. The molecule has 98 valence electrons. The SMILES string of the molecule is Cc1cnc(C)c(N2CCC(C(=O)O)CC2C)n1. The lowest BCUT2D eigenvalue weighted by atomic mass is 9.91. The molecule has 0 aliphatic carbocycles. The molecular weight excluding hydrogens is 230 g/mol. The molecule has 0 bridgehead atoms. The van der Waals surface area contributed by atoms with E-state index in [1.807, 2.05) is 13.8 Å². The summed E-state index contributed by atoms with van der Waals surface area (Å²) in [7, 11) is 0. The van der Waals surface area contributed by atoms with Crippen molar-refractivity contribution in [1.82, 2.24) is 9.97 Å². The van der Waals surface area contributed by atoms with Crippen LogP contribution < -0.4 is 4.90 Å². The fourth-order valence-corrected chi connectivity index (χ4v) is 2.51. The summed E-state index contributed by atoms with van der Waals surface area (Å²) in [6.07, 6.45) is 3.10. The number of hydrogen-bond acceptors (Lipinski definition) is 4. The third kappa shape index (κ3) is 2.44. The fraction of sp³-hybridized carbons (Fsp3) is 0.615. The number of carbonyl (C=O) groups is 1. The summed E-state index contributed by atoms with van der Waals surface area (Å²) in [5.41, 5.74) is 1.80. The molecular formula is C13H19N3O2. The van der Waals surface area contributed by atoms with Crippen LogP contribution in [0.15, 0.2) is 6.20 Å². The van der Waals surface area contributed by atoms with Crippen LogP contribution in [0.25, 0.3) is 0 Å². The molecule has 1 aromatic heterocycles. The summed E-state index contributed by atoms with van der Waals surface area (Å²) in [4.78, 5) is 22.0. The van der Waals surface area contributed by atoms with Gasteiger partial charge in [0, 0.05) is 18.8 Å². The maximum Gasteiger partial charge on any atom is 0.306 e. The van der Waals surface area contributed by atoms with Crippen molar-refractivity contribution < 1.29 is 9.90 Å². The van der Waals surface area contributed by atoms with Gasteiger partial charge in [-0.1, -0.05) is 0 Å². The summed E-state index contributed by atoms with van der Waals surface area (Å²) < 4.78 is 0. The van der Waals surface area contributed by atoms with Crippen LogP contribution in [-0.4, -0.2) is 33.6 Å². The van der Waals surface area contributed by atoms with E-state index in [-0.39, 0.29) is 12.0 Å². The monoisotopic (exact) mass is 249 g/mol. The molecule has 18 heavy (non-hydrogen) atoms. The number of piperidine rings is 1. The molecule has 2 rings (SSSR count). The number of nitrogens with zero attached hydrogens (tertiary/aromatic N) is 3. The summed E-state index contributed by atoms with van der Waals surface area (Å²) in [5, 5.41) is 9.07. The van der Waals surface area contributed by atoms with Crippen LogP contribution in [0.3, 0.4) is 0 Å². The van der Waals surface area contributed by atoms with E-state index in [0.717, 1.165) is 23.8 Å². The summed E-state index contributed by atoms with van der Waals surface area (Å²) in [5.74, 6) is -0.0192. The third-order valence-corrected chi connectivity index (χ3v) is 3.55. The number of rotatable bonds is 2. The molecule has 2 atom stereocenters. The summed E-state index contributed by atoms with van der Waals surface area (Å²) in [6, 6.07) is 0.189.